The van der Waals surface area contributed by atoms with Crippen molar-refractivity contribution in [3.63, 3.8) is 0 Å². The predicted molar refractivity (Wildman–Crippen MR) is 142 cm³/mol. The number of benzene rings is 2. The first kappa shape index (κ1) is 23.6. The Hall–Kier alpha value is -4.13. The van der Waals surface area contributed by atoms with Crippen molar-refractivity contribution in [3.8, 4) is 33.6 Å². The summed E-state index contributed by atoms with van der Waals surface area (Å²) in [5.74, 6) is 0. The third-order valence-corrected chi connectivity index (χ3v) is 6.35. The van der Waals surface area contributed by atoms with Crippen LogP contribution in [0.1, 0.15) is 38.5 Å². The first-order chi connectivity index (χ1) is 17.9. The van der Waals surface area contributed by atoms with Crippen molar-refractivity contribution in [2.75, 3.05) is 0 Å². The molecule has 0 radical (unpaired) electrons. The fraction of sp³-hybridized carbons (Fsp3) is 0.276. The largest absolute Gasteiger partial charge is 0.264 e. The highest BCUT2D eigenvalue weighted by Crippen LogP contribution is 2.30. The second-order valence-electron chi connectivity index (χ2n) is 9.01. The molecule has 0 aliphatic carbocycles. The van der Waals surface area contributed by atoms with E-state index in [0.717, 1.165) is 48.4 Å². The van der Waals surface area contributed by atoms with Crippen molar-refractivity contribution in [1.29, 1.82) is 0 Å². The Labute approximate surface area is 211 Å². The minimum absolute atomic E-state index is 0.878. The van der Waals surface area contributed by atoms with Gasteiger partial charge in [-0.05, 0) is 36.1 Å². The molecule has 3 aromatic heterocycles. The number of aromatic nitrogens is 7. The third kappa shape index (κ3) is 6.10. The van der Waals surface area contributed by atoms with E-state index in [9.17, 15) is 0 Å². The quantitative estimate of drug-likeness (QED) is 0.197. The summed E-state index contributed by atoms with van der Waals surface area (Å²) in [6, 6.07) is 22.8. The maximum absolute atomic E-state index is 4.46. The molecule has 0 amide bonds. The predicted octanol–water partition coefficient (Wildman–Crippen LogP) is 6.31. The molecular formula is C29H31N7. The second-order valence-corrected chi connectivity index (χ2v) is 9.01. The number of pyridine rings is 1. The van der Waals surface area contributed by atoms with E-state index in [-0.39, 0.29) is 0 Å². The highest BCUT2D eigenvalue weighted by Gasteiger charge is 2.10. The topological polar surface area (TPSA) is 74.3 Å². The zero-order chi connectivity index (χ0) is 24.4. The lowest BCUT2D eigenvalue weighted by Crippen LogP contribution is -1.99. The molecule has 0 unspecified atom stereocenters. The lowest BCUT2D eigenvalue weighted by atomic mass is 9.98. The number of aryl methyl sites for hydroxylation is 2. The van der Waals surface area contributed by atoms with Crippen LogP contribution in [-0.4, -0.2) is 35.0 Å². The van der Waals surface area contributed by atoms with Crippen LogP contribution in [0.4, 0.5) is 0 Å². The molecular weight excluding hydrogens is 446 g/mol. The molecule has 0 aliphatic rings. The van der Waals surface area contributed by atoms with Gasteiger partial charge in [-0.15, -0.1) is 10.2 Å². The first-order valence-electron chi connectivity index (χ1n) is 12.7. The fourth-order valence-electron chi connectivity index (χ4n) is 4.42. The van der Waals surface area contributed by atoms with Crippen molar-refractivity contribution >= 4 is 0 Å². The molecule has 5 rings (SSSR count). The van der Waals surface area contributed by atoms with Crippen LogP contribution in [0.5, 0.6) is 0 Å². The van der Waals surface area contributed by atoms with Gasteiger partial charge in [0.05, 0.1) is 12.4 Å². The Morgan fingerprint density at radius 1 is 0.528 bits per heavy atom. The van der Waals surface area contributed by atoms with Gasteiger partial charge in [0.15, 0.2) is 0 Å². The summed E-state index contributed by atoms with van der Waals surface area (Å²) in [7, 11) is 0. The number of rotatable bonds is 12. The van der Waals surface area contributed by atoms with Crippen LogP contribution in [0.2, 0.25) is 0 Å². The Kier molecular flexibility index (Phi) is 7.88. The molecule has 0 saturated heterocycles. The Morgan fingerprint density at radius 3 is 1.81 bits per heavy atom. The maximum Gasteiger partial charge on any atom is 0.114 e. The molecule has 0 spiro atoms. The van der Waals surface area contributed by atoms with Crippen molar-refractivity contribution < 1.29 is 0 Å². The standard InChI is InChI=1S/C29H31N7/c1(3-10-19-35-22-28(31-33-35)25-15-12-18-30-21-25)2-4-11-20-36-23-29(32-34-36)27-17-9-8-16-26(27)24-13-6-5-7-14-24/h5-9,12-18,21-23H,1-4,10-11,19-20H2. The molecule has 182 valence electrons. The molecule has 5 aromatic rings. The smallest absolute Gasteiger partial charge is 0.114 e. The minimum Gasteiger partial charge on any atom is -0.264 e. The van der Waals surface area contributed by atoms with E-state index < -0.39 is 0 Å². The minimum atomic E-state index is 0.878. The lowest BCUT2D eigenvalue weighted by Gasteiger charge is -2.07. The SMILES string of the molecule is c1ccc(-c2ccccc2-c2cn(CCCCCCCCn3cc(-c4cccnc4)nn3)nn2)cc1. The van der Waals surface area contributed by atoms with Crippen molar-refractivity contribution in [2.45, 2.75) is 51.6 Å². The van der Waals surface area contributed by atoms with E-state index in [0.29, 0.717) is 0 Å². The monoisotopic (exact) mass is 477 g/mol. The average Bonchev–Trinajstić information content (AvgIpc) is 3.61. The van der Waals surface area contributed by atoms with Crippen LogP contribution < -0.4 is 0 Å². The Bertz CT molecular complexity index is 1340. The van der Waals surface area contributed by atoms with Gasteiger partial charge < -0.3 is 0 Å². The Balaban J connectivity index is 1.01. The molecule has 0 saturated carbocycles. The molecule has 36 heavy (non-hydrogen) atoms. The van der Waals surface area contributed by atoms with Crippen LogP contribution in [0, 0.1) is 0 Å². The molecule has 7 heteroatoms. The zero-order valence-electron chi connectivity index (χ0n) is 20.4. The fourth-order valence-corrected chi connectivity index (χ4v) is 4.42. The molecule has 0 aliphatic heterocycles. The van der Waals surface area contributed by atoms with E-state index in [2.05, 4.69) is 80.3 Å². The van der Waals surface area contributed by atoms with Crippen LogP contribution >= 0.6 is 0 Å². The lowest BCUT2D eigenvalue weighted by molar-refractivity contribution is 0.493. The number of hydrogen-bond donors (Lipinski definition) is 0. The van der Waals surface area contributed by atoms with E-state index in [1.54, 1.807) is 6.20 Å². The van der Waals surface area contributed by atoms with Gasteiger partial charge in [0.25, 0.3) is 0 Å². The summed E-state index contributed by atoms with van der Waals surface area (Å²) < 4.78 is 3.90. The van der Waals surface area contributed by atoms with Crippen molar-refractivity contribution in [2.24, 2.45) is 0 Å². The van der Waals surface area contributed by atoms with Crippen molar-refractivity contribution in [3.05, 3.63) is 91.5 Å². The van der Waals surface area contributed by atoms with Crippen LogP contribution in [0.25, 0.3) is 33.6 Å². The summed E-state index contributed by atoms with van der Waals surface area (Å²) in [6.07, 6.45) is 14.7. The summed E-state index contributed by atoms with van der Waals surface area (Å²) in [6.45, 7) is 1.80. The summed E-state index contributed by atoms with van der Waals surface area (Å²) >= 11 is 0. The molecule has 0 atom stereocenters. The maximum atomic E-state index is 4.46. The van der Waals surface area contributed by atoms with Gasteiger partial charge in [-0.2, -0.15) is 0 Å². The number of hydrogen-bond acceptors (Lipinski definition) is 5. The first-order valence-corrected chi connectivity index (χ1v) is 12.7. The van der Waals surface area contributed by atoms with Gasteiger partial charge in [-0.25, -0.2) is 0 Å². The Morgan fingerprint density at radius 2 is 1.11 bits per heavy atom. The molecule has 0 bridgehead atoms. The van der Waals surface area contributed by atoms with E-state index >= 15 is 0 Å². The average molecular weight is 478 g/mol. The second kappa shape index (κ2) is 12.0. The summed E-state index contributed by atoms with van der Waals surface area (Å²) in [5.41, 5.74) is 6.31. The van der Waals surface area contributed by atoms with E-state index in [1.165, 1.54) is 36.8 Å². The number of nitrogens with zero attached hydrogens (tertiary/aromatic N) is 7. The normalized spacial score (nSPS) is 11.1. The van der Waals surface area contributed by atoms with E-state index in [1.807, 2.05) is 40.0 Å². The highest BCUT2D eigenvalue weighted by atomic mass is 15.4. The molecule has 3 heterocycles. The van der Waals surface area contributed by atoms with Gasteiger partial charge in [0, 0.05) is 36.6 Å². The van der Waals surface area contributed by atoms with E-state index in [4.69, 9.17) is 0 Å². The van der Waals surface area contributed by atoms with Crippen LogP contribution in [0.15, 0.2) is 91.5 Å². The van der Waals surface area contributed by atoms with Gasteiger partial charge in [-0.3, -0.25) is 14.3 Å². The molecule has 7 nitrogen and oxygen atoms in total. The van der Waals surface area contributed by atoms with Gasteiger partial charge in [0.1, 0.15) is 11.4 Å². The van der Waals surface area contributed by atoms with Crippen molar-refractivity contribution in [1.82, 2.24) is 35.0 Å². The van der Waals surface area contributed by atoms with Crippen LogP contribution in [0.3, 0.4) is 0 Å². The highest BCUT2D eigenvalue weighted by molar-refractivity contribution is 5.81. The number of unbranched alkanes of at least 4 members (excludes halogenated alkanes) is 5. The third-order valence-electron chi connectivity index (χ3n) is 6.35. The van der Waals surface area contributed by atoms with Gasteiger partial charge in [0.2, 0.25) is 0 Å². The molecule has 0 fully saturated rings. The zero-order valence-corrected chi connectivity index (χ0v) is 20.4. The van der Waals surface area contributed by atoms with Gasteiger partial charge in [-0.1, -0.05) is 90.7 Å². The summed E-state index contributed by atoms with van der Waals surface area (Å²) in [4.78, 5) is 4.14. The van der Waals surface area contributed by atoms with Crippen LogP contribution in [-0.2, 0) is 13.1 Å². The molecule has 0 N–H and O–H groups in total. The summed E-state index contributed by atoms with van der Waals surface area (Å²) in [5, 5.41) is 17.3. The molecule has 2 aromatic carbocycles. The van der Waals surface area contributed by atoms with Gasteiger partial charge >= 0.3 is 0 Å².